The van der Waals surface area contributed by atoms with Crippen molar-refractivity contribution in [3.63, 3.8) is 0 Å². The van der Waals surface area contributed by atoms with Gasteiger partial charge in [-0.15, -0.1) is 0 Å². The molecule has 0 saturated carbocycles. The number of ether oxygens (including phenoxy) is 1. The Morgan fingerprint density at radius 1 is 1.21 bits per heavy atom. The summed E-state index contributed by atoms with van der Waals surface area (Å²) >= 11 is 0. The van der Waals surface area contributed by atoms with Gasteiger partial charge in [0.25, 0.3) is 11.5 Å². The van der Waals surface area contributed by atoms with Crippen LogP contribution >= 0.6 is 0 Å². The second-order valence-electron chi connectivity index (χ2n) is 5.61. The van der Waals surface area contributed by atoms with Crippen LogP contribution in [-0.2, 0) is 20.9 Å². The number of amides is 1. The van der Waals surface area contributed by atoms with Crippen molar-refractivity contribution in [3.8, 4) is 0 Å². The molecular weight excluding hydrogens is 308 g/mol. The molecule has 1 aromatic heterocycles. The fourth-order valence-corrected chi connectivity index (χ4v) is 2.12. The van der Waals surface area contributed by atoms with Crippen LogP contribution in [0.5, 0.6) is 0 Å². The lowest BCUT2D eigenvalue weighted by atomic mass is 10.1. The Balaban J connectivity index is 1.96. The fourth-order valence-electron chi connectivity index (χ4n) is 2.12. The molecular formula is C18H20N2O4. The van der Waals surface area contributed by atoms with Crippen LogP contribution < -0.4 is 10.9 Å². The monoisotopic (exact) mass is 328 g/mol. The molecule has 0 spiro atoms. The van der Waals surface area contributed by atoms with E-state index in [2.05, 4.69) is 5.32 Å². The van der Waals surface area contributed by atoms with Gasteiger partial charge in [0.2, 0.25) is 0 Å². The summed E-state index contributed by atoms with van der Waals surface area (Å²) in [7, 11) is 0. The van der Waals surface area contributed by atoms with Gasteiger partial charge in [0.05, 0.1) is 0 Å². The molecule has 1 heterocycles. The third-order valence-corrected chi connectivity index (χ3v) is 3.53. The number of nitrogens with one attached hydrogen (secondary N) is 1. The maximum Gasteiger partial charge on any atom is 0.326 e. The molecule has 6 nitrogen and oxygen atoms in total. The second-order valence-corrected chi connectivity index (χ2v) is 5.61. The van der Waals surface area contributed by atoms with E-state index in [0.29, 0.717) is 5.69 Å². The average Bonchev–Trinajstić information content (AvgIpc) is 2.53. The Morgan fingerprint density at radius 2 is 1.96 bits per heavy atom. The van der Waals surface area contributed by atoms with Gasteiger partial charge in [-0.2, -0.15) is 0 Å². The zero-order valence-corrected chi connectivity index (χ0v) is 13.9. The van der Waals surface area contributed by atoms with Crippen LogP contribution in [0.4, 0.5) is 5.69 Å². The lowest BCUT2D eigenvalue weighted by Crippen LogP contribution is -2.32. The van der Waals surface area contributed by atoms with Crippen LogP contribution in [0.3, 0.4) is 0 Å². The summed E-state index contributed by atoms with van der Waals surface area (Å²) in [5.41, 5.74) is 2.32. The van der Waals surface area contributed by atoms with Crippen molar-refractivity contribution in [3.05, 3.63) is 64.1 Å². The molecule has 0 unspecified atom stereocenters. The molecule has 0 radical (unpaired) electrons. The second kappa shape index (κ2) is 7.59. The Bertz CT molecular complexity index is 811. The van der Waals surface area contributed by atoms with Crippen molar-refractivity contribution in [1.82, 2.24) is 4.57 Å². The van der Waals surface area contributed by atoms with Crippen LogP contribution in [0.2, 0.25) is 0 Å². The minimum atomic E-state index is -0.961. The largest absolute Gasteiger partial charge is 0.451 e. The van der Waals surface area contributed by atoms with E-state index in [1.165, 1.54) is 23.8 Å². The van der Waals surface area contributed by atoms with Gasteiger partial charge in [0.1, 0.15) is 6.54 Å². The first-order valence-electron chi connectivity index (χ1n) is 7.60. The number of aryl methyl sites for hydroxylation is 2. The molecule has 0 aliphatic rings. The SMILES string of the molecule is Cc1ccc(C)c(NC(=O)[C@H](C)OC(=O)Cn2ccccc2=O)c1. The first-order chi connectivity index (χ1) is 11.4. The number of aromatic nitrogens is 1. The molecule has 6 heteroatoms. The summed E-state index contributed by atoms with van der Waals surface area (Å²) in [6.45, 7) is 5.07. The molecule has 24 heavy (non-hydrogen) atoms. The number of carbonyl (C=O) groups excluding carboxylic acids is 2. The molecule has 1 aromatic carbocycles. The predicted molar refractivity (Wildman–Crippen MR) is 90.8 cm³/mol. The Morgan fingerprint density at radius 3 is 2.67 bits per heavy atom. The highest BCUT2D eigenvalue weighted by Crippen LogP contribution is 2.16. The third kappa shape index (κ3) is 4.55. The molecule has 0 fully saturated rings. The quantitative estimate of drug-likeness (QED) is 0.852. The molecule has 2 aromatic rings. The predicted octanol–water partition coefficient (Wildman–Crippen LogP) is 2.04. The minimum Gasteiger partial charge on any atom is -0.451 e. The number of esters is 1. The van der Waals surface area contributed by atoms with E-state index >= 15 is 0 Å². The van der Waals surface area contributed by atoms with Gasteiger partial charge < -0.3 is 14.6 Å². The van der Waals surface area contributed by atoms with E-state index in [1.54, 1.807) is 12.1 Å². The van der Waals surface area contributed by atoms with Crippen molar-refractivity contribution in [1.29, 1.82) is 0 Å². The Kier molecular flexibility index (Phi) is 5.52. The number of nitrogens with zero attached hydrogens (tertiary/aromatic N) is 1. The summed E-state index contributed by atoms with van der Waals surface area (Å²) in [6, 6.07) is 10.3. The summed E-state index contributed by atoms with van der Waals surface area (Å²) in [5.74, 6) is -1.07. The van der Waals surface area contributed by atoms with E-state index in [-0.39, 0.29) is 12.1 Å². The normalized spacial score (nSPS) is 11.6. The van der Waals surface area contributed by atoms with Gasteiger partial charge in [-0.25, -0.2) is 0 Å². The van der Waals surface area contributed by atoms with Crippen molar-refractivity contribution in [2.45, 2.75) is 33.4 Å². The topological polar surface area (TPSA) is 77.4 Å². The van der Waals surface area contributed by atoms with Gasteiger partial charge in [-0.05, 0) is 44.0 Å². The number of carbonyl (C=O) groups is 2. The molecule has 126 valence electrons. The average molecular weight is 328 g/mol. The van der Waals surface area contributed by atoms with Crippen LogP contribution in [0.1, 0.15) is 18.1 Å². The van der Waals surface area contributed by atoms with Gasteiger partial charge in [0.15, 0.2) is 6.10 Å². The summed E-state index contributed by atoms with van der Waals surface area (Å²) in [5, 5.41) is 2.75. The van der Waals surface area contributed by atoms with Crippen LogP contribution in [0, 0.1) is 13.8 Å². The highest BCUT2D eigenvalue weighted by Gasteiger charge is 2.19. The van der Waals surface area contributed by atoms with E-state index in [4.69, 9.17) is 4.74 Å². The molecule has 0 aliphatic carbocycles. The molecule has 0 bridgehead atoms. The fraction of sp³-hybridized carbons (Fsp3) is 0.278. The maximum absolute atomic E-state index is 12.2. The van der Waals surface area contributed by atoms with Gasteiger partial charge in [-0.3, -0.25) is 14.4 Å². The van der Waals surface area contributed by atoms with Gasteiger partial charge in [0, 0.05) is 18.0 Å². The molecule has 1 atom stereocenters. The zero-order chi connectivity index (χ0) is 17.7. The summed E-state index contributed by atoms with van der Waals surface area (Å²) in [4.78, 5) is 35.6. The molecule has 1 N–H and O–H groups in total. The summed E-state index contributed by atoms with van der Waals surface area (Å²) < 4.78 is 6.32. The van der Waals surface area contributed by atoms with Gasteiger partial charge >= 0.3 is 5.97 Å². The zero-order valence-electron chi connectivity index (χ0n) is 13.9. The minimum absolute atomic E-state index is 0.235. The van der Waals surface area contributed by atoms with Gasteiger partial charge in [-0.1, -0.05) is 18.2 Å². The molecule has 1 amide bonds. The van der Waals surface area contributed by atoms with E-state index in [9.17, 15) is 14.4 Å². The first-order valence-corrected chi connectivity index (χ1v) is 7.60. The highest BCUT2D eigenvalue weighted by molar-refractivity contribution is 5.95. The third-order valence-electron chi connectivity index (χ3n) is 3.53. The number of rotatable bonds is 5. The molecule has 2 rings (SSSR count). The highest BCUT2D eigenvalue weighted by atomic mass is 16.5. The van der Waals surface area contributed by atoms with E-state index in [1.807, 2.05) is 32.0 Å². The standard InChI is InChI=1S/C18H20N2O4/c1-12-7-8-13(2)15(10-12)19-18(23)14(3)24-17(22)11-20-9-5-4-6-16(20)21/h4-10,14H,11H2,1-3H3,(H,19,23)/t14-/m0/s1. The van der Waals surface area contributed by atoms with E-state index in [0.717, 1.165) is 11.1 Å². The van der Waals surface area contributed by atoms with Crippen molar-refractivity contribution >= 4 is 17.6 Å². The molecule has 0 aliphatic heterocycles. The lowest BCUT2D eigenvalue weighted by Gasteiger charge is -2.15. The van der Waals surface area contributed by atoms with Crippen LogP contribution in [0.15, 0.2) is 47.4 Å². The van der Waals surface area contributed by atoms with E-state index < -0.39 is 18.0 Å². The summed E-state index contributed by atoms with van der Waals surface area (Å²) in [6.07, 6.45) is 0.529. The Labute approximate surface area is 140 Å². The lowest BCUT2D eigenvalue weighted by molar-refractivity contribution is -0.153. The number of benzene rings is 1. The molecule has 0 saturated heterocycles. The van der Waals surface area contributed by atoms with Crippen molar-refractivity contribution in [2.75, 3.05) is 5.32 Å². The first kappa shape index (κ1) is 17.5. The number of anilines is 1. The van der Waals surface area contributed by atoms with Crippen molar-refractivity contribution in [2.24, 2.45) is 0 Å². The smallest absolute Gasteiger partial charge is 0.326 e. The number of pyridine rings is 1. The van der Waals surface area contributed by atoms with Crippen molar-refractivity contribution < 1.29 is 14.3 Å². The number of hydrogen-bond donors (Lipinski definition) is 1. The van der Waals surface area contributed by atoms with Crippen LogP contribution in [-0.4, -0.2) is 22.5 Å². The maximum atomic E-state index is 12.2. The Hall–Kier alpha value is -2.89. The number of hydrogen-bond acceptors (Lipinski definition) is 4. The van der Waals surface area contributed by atoms with Crippen LogP contribution in [0.25, 0.3) is 0 Å².